The molecule has 1 atom stereocenters. The first kappa shape index (κ1) is 14.5. The van der Waals surface area contributed by atoms with E-state index in [0.29, 0.717) is 0 Å². The van der Waals surface area contributed by atoms with E-state index in [1.807, 2.05) is 24.4 Å². The molecule has 1 amide bonds. The van der Waals surface area contributed by atoms with Gasteiger partial charge >= 0.3 is 0 Å². The second kappa shape index (κ2) is 5.81. The van der Waals surface area contributed by atoms with Crippen LogP contribution in [0.1, 0.15) is 23.2 Å². The van der Waals surface area contributed by atoms with Gasteiger partial charge < -0.3 is 10.6 Å². The second-order valence-electron chi connectivity index (χ2n) is 6.83. The third kappa shape index (κ3) is 2.77. The highest BCUT2D eigenvalue weighted by Crippen LogP contribution is 2.29. The highest BCUT2D eigenvalue weighted by molar-refractivity contribution is 5.85. The number of rotatable bonds is 4. The van der Waals surface area contributed by atoms with Gasteiger partial charge in [-0.2, -0.15) is 5.10 Å². The van der Waals surface area contributed by atoms with Gasteiger partial charge in [-0.1, -0.05) is 30.3 Å². The van der Waals surface area contributed by atoms with E-state index < -0.39 is 0 Å². The predicted octanol–water partition coefficient (Wildman–Crippen LogP) is 1.22. The molecule has 1 aromatic heterocycles. The van der Waals surface area contributed by atoms with Gasteiger partial charge in [-0.25, -0.2) is 0 Å². The number of aromatic nitrogens is 2. The van der Waals surface area contributed by atoms with Gasteiger partial charge in [-0.15, -0.1) is 0 Å². The van der Waals surface area contributed by atoms with Crippen LogP contribution < -0.4 is 10.6 Å². The zero-order chi connectivity index (χ0) is 15.7. The summed E-state index contributed by atoms with van der Waals surface area (Å²) in [5.74, 6) is 0.192. The minimum Gasteiger partial charge on any atom is -0.352 e. The zero-order valence-corrected chi connectivity index (χ0v) is 13.1. The molecule has 1 fully saturated rings. The molecule has 0 spiro atoms. The fourth-order valence-corrected chi connectivity index (χ4v) is 3.66. The van der Waals surface area contributed by atoms with Gasteiger partial charge in [-0.05, 0) is 36.8 Å². The molecule has 2 heterocycles. The number of aryl methyl sites for hydroxylation is 1. The summed E-state index contributed by atoms with van der Waals surface area (Å²) in [5.41, 5.74) is 3.40. The average molecular weight is 310 g/mol. The molecular weight excluding hydrogens is 288 g/mol. The van der Waals surface area contributed by atoms with Crippen molar-refractivity contribution in [3.8, 4) is 0 Å². The van der Waals surface area contributed by atoms with Crippen LogP contribution >= 0.6 is 0 Å². The molecule has 2 aromatic rings. The number of nitrogens with one attached hydrogen (secondary N) is 3. The standard InChI is InChI=1S/C18H22N4O/c23-17(21-15-6-7-16-14(8-15)10-20-22-16)18(11-19-12-18)9-13-4-2-1-3-5-13/h1-5,10,15,19H,6-9,11-12H2,(H,20,22)(H,21,23). The van der Waals surface area contributed by atoms with Crippen LogP contribution in [0, 0.1) is 5.41 Å². The van der Waals surface area contributed by atoms with E-state index in [0.717, 1.165) is 38.8 Å². The molecule has 1 unspecified atom stereocenters. The van der Waals surface area contributed by atoms with Crippen molar-refractivity contribution in [1.29, 1.82) is 0 Å². The molecule has 23 heavy (non-hydrogen) atoms. The van der Waals surface area contributed by atoms with Gasteiger partial charge in [-0.3, -0.25) is 9.89 Å². The Bertz CT molecular complexity index is 690. The number of aromatic amines is 1. The number of amides is 1. The molecule has 0 radical (unpaired) electrons. The monoisotopic (exact) mass is 310 g/mol. The minimum atomic E-state index is -0.294. The maximum absolute atomic E-state index is 12.9. The molecule has 5 heteroatoms. The summed E-state index contributed by atoms with van der Waals surface area (Å²) in [6.45, 7) is 1.52. The smallest absolute Gasteiger partial charge is 0.229 e. The van der Waals surface area contributed by atoms with Crippen LogP contribution in [0.2, 0.25) is 0 Å². The largest absolute Gasteiger partial charge is 0.352 e. The Morgan fingerprint density at radius 3 is 2.87 bits per heavy atom. The van der Waals surface area contributed by atoms with Crippen LogP contribution in [0.4, 0.5) is 0 Å². The van der Waals surface area contributed by atoms with Crippen LogP contribution in [0.5, 0.6) is 0 Å². The molecule has 120 valence electrons. The Hall–Kier alpha value is -2.14. The lowest BCUT2D eigenvalue weighted by Crippen LogP contribution is -2.63. The fourth-order valence-electron chi connectivity index (χ4n) is 3.66. The van der Waals surface area contributed by atoms with E-state index in [1.165, 1.54) is 16.8 Å². The van der Waals surface area contributed by atoms with Crippen molar-refractivity contribution >= 4 is 5.91 Å². The first-order chi connectivity index (χ1) is 11.3. The Balaban J connectivity index is 1.43. The number of nitrogens with zero attached hydrogens (tertiary/aromatic N) is 1. The number of hydrogen-bond donors (Lipinski definition) is 3. The summed E-state index contributed by atoms with van der Waals surface area (Å²) in [4.78, 5) is 12.9. The molecule has 1 aliphatic carbocycles. The molecule has 5 nitrogen and oxygen atoms in total. The maximum atomic E-state index is 12.9. The second-order valence-corrected chi connectivity index (χ2v) is 6.83. The molecule has 3 N–H and O–H groups in total. The van der Waals surface area contributed by atoms with E-state index in [-0.39, 0.29) is 17.4 Å². The van der Waals surface area contributed by atoms with E-state index in [1.54, 1.807) is 0 Å². The molecule has 4 rings (SSSR count). The van der Waals surface area contributed by atoms with E-state index in [4.69, 9.17) is 0 Å². The van der Waals surface area contributed by atoms with Crippen molar-refractivity contribution in [3.05, 3.63) is 53.3 Å². The molecule has 0 bridgehead atoms. The normalized spacial score (nSPS) is 22.0. The Morgan fingerprint density at radius 2 is 2.13 bits per heavy atom. The van der Waals surface area contributed by atoms with Crippen molar-refractivity contribution in [3.63, 3.8) is 0 Å². The lowest BCUT2D eigenvalue weighted by molar-refractivity contribution is -0.134. The summed E-state index contributed by atoms with van der Waals surface area (Å²) < 4.78 is 0. The highest BCUT2D eigenvalue weighted by atomic mass is 16.2. The number of benzene rings is 1. The van der Waals surface area contributed by atoms with Crippen LogP contribution in [-0.2, 0) is 24.1 Å². The first-order valence-electron chi connectivity index (χ1n) is 8.32. The van der Waals surface area contributed by atoms with E-state index >= 15 is 0 Å². The van der Waals surface area contributed by atoms with Crippen molar-refractivity contribution in [2.45, 2.75) is 31.7 Å². The summed E-state index contributed by atoms with van der Waals surface area (Å²) in [6, 6.07) is 10.5. The van der Waals surface area contributed by atoms with Crippen LogP contribution in [0.3, 0.4) is 0 Å². The van der Waals surface area contributed by atoms with Crippen LogP contribution in [0.25, 0.3) is 0 Å². The van der Waals surface area contributed by atoms with Crippen molar-refractivity contribution in [2.75, 3.05) is 13.1 Å². The lowest BCUT2D eigenvalue weighted by atomic mass is 9.75. The number of carbonyl (C=O) groups excluding carboxylic acids is 1. The third-order valence-corrected chi connectivity index (χ3v) is 5.15. The van der Waals surface area contributed by atoms with Gasteiger partial charge in [0.1, 0.15) is 0 Å². The zero-order valence-electron chi connectivity index (χ0n) is 13.1. The van der Waals surface area contributed by atoms with Gasteiger partial charge in [0.25, 0.3) is 0 Å². The molecule has 1 saturated heterocycles. The molecule has 1 aromatic carbocycles. The molecule has 1 aliphatic heterocycles. The quantitative estimate of drug-likeness (QED) is 0.795. The molecule has 2 aliphatic rings. The van der Waals surface area contributed by atoms with Crippen molar-refractivity contribution in [1.82, 2.24) is 20.8 Å². The fraction of sp³-hybridized carbons (Fsp3) is 0.444. The highest BCUT2D eigenvalue weighted by Gasteiger charge is 2.44. The molecule has 0 saturated carbocycles. The van der Waals surface area contributed by atoms with Gasteiger partial charge in [0.2, 0.25) is 5.91 Å². The maximum Gasteiger partial charge on any atom is 0.229 e. The Morgan fingerprint density at radius 1 is 1.30 bits per heavy atom. The average Bonchev–Trinajstić information content (AvgIpc) is 2.99. The Kier molecular flexibility index (Phi) is 3.65. The number of fused-ring (bicyclic) bond motifs is 1. The molecular formula is C18H22N4O. The summed E-state index contributed by atoms with van der Waals surface area (Å²) in [6.07, 6.45) is 5.51. The van der Waals surface area contributed by atoms with Crippen LogP contribution in [0.15, 0.2) is 36.5 Å². The number of hydrogen-bond acceptors (Lipinski definition) is 3. The Labute approximate surface area is 135 Å². The third-order valence-electron chi connectivity index (χ3n) is 5.15. The summed E-state index contributed by atoms with van der Waals surface area (Å²) in [7, 11) is 0. The minimum absolute atomic E-state index is 0.192. The topological polar surface area (TPSA) is 69.8 Å². The van der Waals surface area contributed by atoms with Crippen molar-refractivity contribution in [2.24, 2.45) is 5.41 Å². The lowest BCUT2D eigenvalue weighted by Gasteiger charge is -2.42. The first-order valence-corrected chi connectivity index (χ1v) is 8.32. The summed E-state index contributed by atoms with van der Waals surface area (Å²) >= 11 is 0. The predicted molar refractivity (Wildman–Crippen MR) is 88.0 cm³/mol. The van der Waals surface area contributed by atoms with Gasteiger partial charge in [0, 0.05) is 24.8 Å². The van der Waals surface area contributed by atoms with Gasteiger partial charge in [0.15, 0.2) is 0 Å². The number of carbonyl (C=O) groups is 1. The van der Waals surface area contributed by atoms with E-state index in [2.05, 4.69) is 33.0 Å². The SMILES string of the molecule is O=C(NC1CCc2[nH]ncc2C1)C1(Cc2ccccc2)CNC1. The van der Waals surface area contributed by atoms with E-state index in [9.17, 15) is 4.79 Å². The van der Waals surface area contributed by atoms with Crippen LogP contribution in [-0.4, -0.2) is 35.2 Å². The number of H-pyrrole nitrogens is 1. The van der Waals surface area contributed by atoms with Gasteiger partial charge in [0.05, 0.1) is 11.6 Å². The summed E-state index contributed by atoms with van der Waals surface area (Å²) in [5, 5.41) is 13.7. The van der Waals surface area contributed by atoms with Crippen molar-refractivity contribution < 1.29 is 4.79 Å².